The third-order valence-corrected chi connectivity index (χ3v) is 5.36. The fraction of sp³-hybridized carbons (Fsp3) is 0.368. The van der Waals surface area contributed by atoms with Crippen LogP contribution in [0.25, 0.3) is 16.7 Å². The largest absolute Gasteiger partial charge is 0.389 e. The normalized spacial score (nSPS) is 15.3. The minimum atomic E-state index is -0.193. The number of hydrogen-bond acceptors (Lipinski definition) is 6. The molecule has 0 amide bonds. The van der Waals surface area contributed by atoms with Gasteiger partial charge in [-0.25, -0.2) is 4.98 Å². The second-order valence-electron chi connectivity index (χ2n) is 6.92. The zero-order valence-corrected chi connectivity index (χ0v) is 16.5. The third kappa shape index (κ3) is 3.21. The molecular formula is C19H22N6O2S. The minimum Gasteiger partial charge on any atom is -0.389 e. The van der Waals surface area contributed by atoms with Gasteiger partial charge in [0.15, 0.2) is 0 Å². The molecule has 1 aliphatic rings. The Hall–Kier alpha value is -2.62. The molecule has 1 fully saturated rings. The first-order valence-corrected chi connectivity index (χ1v) is 9.58. The predicted molar refractivity (Wildman–Crippen MR) is 111 cm³/mol. The van der Waals surface area contributed by atoms with E-state index in [4.69, 9.17) is 33.1 Å². The molecule has 3 N–H and O–H groups in total. The Morgan fingerprint density at radius 1 is 1.32 bits per heavy atom. The molecule has 0 saturated carbocycles. The highest BCUT2D eigenvalue weighted by Crippen LogP contribution is 2.13. The lowest BCUT2D eigenvalue weighted by Gasteiger charge is -2.27. The van der Waals surface area contributed by atoms with Crippen LogP contribution in [0.4, 0.5) is 0 Å². The van der Waals surface area contributed by atoms with Crippen LogP contribution in [0.5, 0.6) is 0 Å². The molecule has 146 valence electrons. The summed E-state index contributed by atoms with van der Waals surface area (Å²) in [6.45, 7) is 6.25. The Balaban J connectivity index is 1.94. The van der Waals surface area contributed by atoms with Crippen LogP contribution in [0, 0.1) is 12.3 Å². The monoisotopic (exact) mass is 398 g/mol. The summed E-state index contributed by atoms with van der Waals surface area (Å²) >= 11 is 5.13. The lowest BCUT2D eigenvalue weighted by atomic mass is 10.2. The van der Waals surface area contributed by atoms with E-state index >= 15 is 0 Å². The fourth-order valence-corrected chi connectivity index (χ4v) is 3.72. The lowest BCUT2D eigenvalue weighted by molar-refractivity contribution is 0.0364. The molecule has 3 aromatic rings. The molecule has 4 rings (SSSR count). The van der Waals surface area contributed by atoms with Gasteiger partial charge in [0.25, 0.3) is 5.56 Å². The molecule has 0 aromatic carbocycles. The van der Waals surface area contributed by atoms with Crippen LogP contribution in [0.1, 0.15) is 11.1 Å². The van der Waals surface area contributed by atoms with E-state index in [1.807, 2.05) is 19.1 Å². The minimum absolute atomic E-state index is 0.0979. The number of ether oxygens (including phenoxy) is 1. The topological polar surface area (TPSA) is 102 Å². The van der Waals surface area contributed by atoms with E-state index in [2.05, 4.69) is 4.90 Å². The molecule has 3 aromatic heterocycles. The molecule has 0 spiro atoms. The van der Waals surface area contributed by atoms with Gasteiger partial charge in [0.05, 0.1) is 24.2 Å². The highest BCUT2D eigenvalue weighted by molar-refractivity contribution is 7.80. The van der Waals surface area contributed by atoms with Crippen molar-refractivity contribution in [3.63, 3.8) is 0 Å². The van der Waals surface area contributed by atoms with Crippen molar-refractivity contribution in [2.24, 2.45) is 5.73 Å². The maximum absolute atomic E-state index is 13.1. The van der Waals surface area contributed by atoms with E-state index < -0.39 is 0 Å². The summed E-state index contributed by atoms with van der Waals surface area (Å²) in [7, 11) is 0. The van der Waals surface area contributed by atoms with Gasteiger partial charge in [-0.3, -0.25) is 19.5 Å². The summed E-state index contributed by atoms with van der Waals surface area (Å²) in [6.07, 6.45) is 1.70. The standard InChI is InChI=1S/C19H22N6O2S/c1-12-3-2-4-25-17(12)22-18-14(19(25)26)11-13(16(21)28)15(20)24(18)6-5-23-7-9-27-10-8-23/h2-4,11,20H,5-10H2,1H3,(H2,21,28). The molecule has 0 atom stereocenters. The number of hydrogen-bond donors (Lipinski definition) is 2. The van der Waals surface area contributed by atoms with Crippen molar-refractivity contribution in [2.75, 3.05) is 32.8 Å². The van der Waals surface area contributed by atoms with Gasteiger partial charge < -0.3 is 15.0 Å². The number of fused-ring (bicyclic) bond motifs is 2. The molecule has 0 unspecified atom stereocenters. The van der Waals surface area contributed by atoms with Crippen LogP contribution >= 0.6 is 12.2 Å². The van der Waals surface area contributed by atoms with Crippen molar-refractivity contribution in [2.45, 2.75) is 13.5 Å². The Bertz CT molecular complexity index is 1190. The van der Waals surface area contributed by atoms with Gasteiger partial charge in [0.2, 0.25) is 0 Å². The van der Waals surface area contributed by atoms with Gasteiger partial charge in [-0.15, -0.1) is 0 Å². The van der Waals surface area contributed by atoms with Crippen LogP contribution in [0.2, 0.25) is 0 Å². The summed E-state index contributed by atoms with van der Waals surface area (Å²) in [5.41, 5.74) is 8.18. The van der Waals surface area contributed by atoms with Crippen molar-refractivity contribution < 1.29 is 4.74 Å². The van der Waals surface area contributed by atoms with E-state index in [1.165, 1.54) is 4.40 Å². The van der Waals surface area contributed by atoms with Crippen molar-refractivity contribution in [1.29, 1.82) is 5.41 Å². The van der Waals surface area contributed by atoms with Crippen LogP contribution < -0.4 is 16.8 Å². The van der Waals surface area contributed by atoms with Crippen molar-refractivity contribution in [3.8, 4) is 0 Å². The van der Waals surface area contributed by atoms with Gasteiger partial charge in [-0.1, -0.05) is 18.3 Å². The summed E-state index contributed by atoms with van der Waals surface area (Å²) in [6, 6.07) is 5.32. The summed E-state index contributed by atoms with van der Waals surface area (Å²) in [4.78, 5) is 20.2. The average molecular weight is 398 g/mol. The lowest BCUT2D eigenvalue weighted by Crippen LogP contribution is -2.40. The van der Waals surface area contributed by atoms with Gasteiger partial charge in [-0.05, 0) is 24.6 Å². The smallest absolute Gasteiger partial charge is 0.267 e. The van der Waals surface area contributed by atoms with Gasteiger partial charge >= 0.3 is 0 Å². The van der Waals surface area contributed by atoms with E-state index in [1.54, 1.807) is 16.8 Å². The van der Waals surface area contributed by atoms with Crippen molar-refractivity contribution in [1.82, 2.24) is 18.9 Å². The molecule has 8 nitrogen and oxygen atoms in total. The maximum Gasteiger partial charge on any atom is 0.267 e. The SMILES string of the molecule is Cc1cccn2c(=O)c3cc(C(N)=S)c(=N)n(CCN4CCOCC4)c3nc12. The van der Waals surface area contributed by atoms with E-state index in [0.29, 0.717) is 42.0 Å². The molecular weight excluding hydrogens is 376 g/mol. The Labute approximate surface area is 166 Å². The number of aryl methyl sites for hydroxylation is 1. The van der Waals surface area contributed by atoms with Crippen LogP contribution in [0.3, 0.4) is 0 Å². The molecule has 0 aliphatic carbocycles. The average Bonchev–Trinajstić information content (AvgIpc) is 2.68. The maximum atomic E-state index is 13.1. The molecule has 0 bridgehead atoms. The van der Waals surface area contributed by atoms with Gasteiger partial charge in [0, 0.05) is 32.4 Å². The molecule has 4 heterocycles. The van der Waals surface area contributed by atoms with Crippen molar-refractivity contribution >= 4 is 33.9 Å². The third-order valence-electron chi connectivity index (χ3n) is 5.14. The number of rotatable bonds is 4. The Morgan fingerprint density at radius 3 is 2.79 bits per heavy atom. The highest BCUT2D eigenvalue weighted by Gasteiger charge is 2.17. The van der Waals surface area contributed by atoms with Gasteiger partial charge in [0.1, 0.15) is 21.8 Å². The number of aromatic nitrogens is 3. The number of nitrogens with two attached hydrogens (primary N) is 1. The highest BCUT2D eigenvalue weighted by atomic mass is 32.1. The zero-order chi connectivity index (χ0) is 19.8. The summed E-state index contributed by atoms with van der Waals surface area (Å²) in [5, 5.41) is 9.02. The first-order chi connectivity index (χ1) is 13.5. The summed E-state index contributed by atoms with van der Waals surface area (Å²) < 4.78 is 8.67. The molecule has 9 heteroatoms. The molecule has 1 aliphatic heterocycles. The predicted octanol–water partition coefficient (Wildman–Crippen LogP) is 0.403. The van der Waals surface area contributed by atoms with Gasteiger partial charge in [-0.2, -0.15) is 0 Å². The molecule has 1 saturated heterocycles. The quantitative estimate of drug-likeness (QED) is 0.487. The number of morpholine rings is 1. The number of nitrogens with one attached hydrogen (secondary N) is 1. The zero-order valence-electron chi connectivity index (χ0n) is 15.6. The Morgan fingerprint density at radius 2 is 2.07 bits per heavy atom. The number of pyridine rings is 2. The Kier molecular flexibility index (Phi) is 4.96. The van der Waals surface area contributed by atoms with Crippen LogP contribution in [-0.4, -0.2) is 56.7 Å². The first-order valence-electron chi connectivity index (χ1n) is 9.17. The molecule has 0 radical (unpaired) electrons. The second kappa shape index (κ2) is 7.42. The van der Waals surface area contributed by atoms with Crippen molar-refractivity contribution in [3.05, 3.63) is 51.4 Å². The summed E-state index contributed by atoms with van der Waals surface area (Å²) in [5.74, 6) is 0. The van der Waals surface area contributed by atoms with E-state index in [-0.39, 0.29) is 16.0 Å². The van der Waals surface area contributed by atoms with E-state index in [0.717, 1.165) is 25.2 Å². The number of nitrogens with zero attached hydrogens (tertiary/aromatic N) is 4. The van der Waals surface area contributed by atoms with E-state index in [9.17, 15) is 4.79 Å². The second-order valence-corrected chi connectivity index (χ2v) is 7.36. The van der Waals surface area contributed by atoms with Crippen LogP contribution in [-0.2, 0) is 11.3 Å². The first kappa shape index (κ1) is 18.7. The molecule has 28 heavy (non-hydrogen) atoms. The number of thiocarbonyl (C=S) groups is 1. The van der Waals surface area contributed by atoms with Crippen LogP contribution in [0.15, 0.2) is 29.2 Å². The fourth-order valence-electron chi connectivity index (χ4n) is 3.57.